The van der Waals surface area contributed by atoms with Crippen molar-refractivity contribution in [3.05, 3.63) is 46.0 Å². The third-order valence-corrected chi connectivity index (χ3v) is 3.84. The maximum absolute atomic E-state index is 12.3. The van der Waals surface area contributed by atoms with Gasteiger partial charge in [0.2, 0.25) is 0 Å². The van der Waals surface area contributed by atoms with Crippen LogP contribution in [0.25, 0.3) is 0 Å². The third-order valence-electron chi connectivity index (χ3n) is 3.12. The molecule has 2 rings (SSSR count). The van der Waals surface area contributed by atoms with Crippen molar-refractivity contribution in [3.8, 4) is 0 Å². The number of carbonyl (C=O) groups is 1. The molecule has 5 nitrogen and oxygen atoms in total. The van der Waals surface area contributed by atoms with Gasteiger partial charge < -0.3 is 11.1 Å². The van der Waals surface area contributed by atoms with Crippen LogP contribution in [0.2, 0.25) is 0 Å². The molecular weight excluding hydrogens is 284 g/mol. The van der Waals surface area contributed by atoms with E-state index in [-0.39, 0.29) is 11.3 Å². The van der Waals surface area contributed by atoms with E-state index in [0.29, 0.717) is 18.0 Å². The highest BCUT2D eigenvalue weighted by atomic mass is 32.1. The van der Waals surface area contributed by atoms with Gasteiger partial charge in [0, 0.05) is 18.5 Å². The van der Waals surface area contributed by atoms with Crippen molar-refractivity contribution < 1.29 is 4.79 Å². The van der Waals surface area contributed by atoms with E-state index in [1.165, 1.54) is 0 Å². The molecule has 0 bridgehead atoms. The van der Waals surface area contributed by atoms with Crippen molar-refractivity contribution in [1.82, 2.24) is 14.9 Å². The van der Waals surface area contributed by atoms with Crippen LogP contribution >= 0.6 is 11.5 Å². The molecule has 0 aliphatic heterocycles. The van der Waals surface area contributed by atoms with E-state index in [9.17, 15) is 4.79 Å². The number of nitrogens with zero attached hydrogens (tertiary/aromatic N) is 2. The van der Waals surface area contributed by atoms with Gasteiger partial charge in [-0.25, -0.2) is 0 Å². The van der Waals surface area contributed by atoms with Gasteiger partial charge in [0.25, 0.3) is 5.91 Å². The summed E-state index contributed by atoms with van der Waals surface area (Å²) in [5.41, 5.74) is 8.22. The van der Waals surface area contributed by atoms with E-state index in [1.54, 1.807) is 0 Å². The molecule has 0 atom stereocenters. The van der Waals surface area contributed by atoms with Crippen molar-refractivity contribution in [2.24, 2.45) is 5.73 Å². The number of benzene rings is 1. The quantitative estimate of drug-likeness (QED) is 0.907. The molecule has 6 heteroatoms. The zero-order valence-corrected chi connectivity index (χ0v) is 13.3. The Morgan fingerprint density at radius 1 is 1.24 bits per heavy atom. The zero-order valence-electron chi connectivity index (χ0n) is 12.5. The van der Waals surface area contributed by atoms with Gasteiger partial charge in [-0.15, -0.1) is 5.10 Å². The Bertz CT molecular complexity index is 613. The van der Waals surface area contributed by atoms with Gasteiger partial charge in [-0.05, 0) is 22.7 Å². The fourth-order valence-corrected chi connectivity index (χ4v) is 2.68. The maximum atomic E-state index is 12.3. The lowest BCUT2D eigenvalue weighted by atomic mass is 9.91. The van der Waals surface area contributed by atoms with Crippen molar-refractivity contribution >= 4 is 17.4 Å². The SMILES string of the molecule is CC(C)(C)c1nnsc1C(=O)NCc1ccc(CN)cc1. The molecule has 0 aliphatic carbocycles. The summed E-state index contributed by atoms with van der Waals surface area (Å²) in [6, 6.07) is 7.88. The number of hydrogen-bond donors (Lipinski definition) is 2. The van der Waals surface area contributed by atoms with Crippen LogP contribution in [0.1, 0.15) is 47.3 Å². The van der Waals surface area contributed by atoms with Crippen LogP contribution in [0.15, 0.2) is 24.3 Å². The minimum atomic E-state index is -0.192. The number of carbonyl (C=O) groups excluding carboxylic acids is 1. The van der Waals surface area contributed by atoms with Crippen LogP contribution in [0.3, 0.4) is 0 Å². The molecule has 1 aromatic carbocycles. The molecule has 21 heavy (non-hydrogen) atoms. The Balaban J connectivity index is 2.03. The molecule has 0 saturated heterocycles. The molecule has 0 spiro atoms. The van der Waals surface area contributed by atoms with Gasteiger partial charge in [-0.3, -0.25) is 4.79 Å². The predicted octanol–water partition coefficient (Wildman–Crippen LogP) is 2.22. The Morgan fingerprint density at radius 3 is 2.43 bits per heavy atom. The Hall–Kier alpha value is -1.79. The summed E-state index contributed by atoms with van der Waals surface area (Å²) in [5.74, 6) is -0.127. The molecule has 1 aromatic heterocycles. The summed E-state index contributed by atoms with van der Waals surface area (Å²) in [5, 5.41) is 6.99. The third kappa shape index (κ3) is 3.86. The van der Waals surface area contributed by atoms with E-state index < -0.39 is 0 Å². The minimum absolute atomic E-state index is 0.127. The first-order chi connectivity index (χ1) is 9.91. The molecule has 0 fully saturated rings. The maximum Gasteiger partial charge on any atom is 0.265 e. The van der Waals surface area contributed by atoms with Crippen molar-refractivity contribution in [1.29, 1.82) is 0 Å². The first kappa shape index (κ1) is 15.6. The Labute approximate surface area is 128 Å². The standard InChI is InChI=1S/C15H20N4OS/c1-15(2,3)13-12(21-19-18-13)14(20)17-9-11-6-4-10(8-16)5-7-11/h4-7H,8-9,16H2,1-3H3,(H,17,20). The number of nitrogens with one attached hydrogen (secondary N) is 1. The summed E-state index contributed by atoms with van der Waals surface area (Å²) in [7, 11) is 0. The van der Waals surface area contributed by atoms with Crippen molar-refractivity contribution in [2.45, 2.75) is 39.3 Å². The van der Waals surface area contributed by atoms with Crippen LogP contribution in [-0.4, -0.2) is 15.5 Å². The summed E-state index contributed by atoms with van der Waals surface area (Å²) in [6.07, 6.45) is 0. The average molecular weight is 304 g/mol. The lowest BCUT2D eigenvalue weighted by Crippen LogP contribution is -2.25. The Kier molecular flexibility index (Phi) is 4.69. The lowest BCUT2D eigenvalue weighted by molar-refractivity contribution is 0.0952. The molecule has 3 N–H and O–H groups in total. The number of rotatable bonds is 4. The normalized spacial score (nSPS) is 11.4. The highest BCUT2D eigenvalue weighted by Gasteiger charge is 2.26. The molecule has 1 heterocycles. The lowest BCUT2D eigenvalue weighted by Gasteiger charge is -2.16. The average Bonchev–Trinajstić information content (AvgIpc) is 2.95. The van der Waals surface area contributed by atoms with Crippen LogP contribution in [0.4, 0.5) is 0 Å². The number of aromatic nitrogens is 2. The van der Waals surface area contributed by atoms with Gasteiger partial charge in [0.05, 0.1) is 5.69 Å². The van der Waals surface area contributed by atoms with Gasteiger partial charge in [0.15, 0.2) is 0 Å². The minimum Gasteiger partial charge on any atom is -0.347 e. The van der Waals surface area contributed by atoms with Crippen LogP contribution in [0.5, 0.6) is 0 Å². The summed E-state index contributed by atoms with van der Waals surface area (Å²) >= 11 is 1.14. The van der Waals surface area contributed by atoms with Crippen LogP contribution < -0.4 is 11.1 Å². The van der Waals surface area contributed by atoms with E-state index in [1.807, 2.05) is 45.0 Å². The summed E-state index contributed by atoms with van der Waals surface area (Å²) < 4.78 is 3.90. The van der Waals surface area contributed by atoms with Crippen LogP contribution in [0, 0.1) is 0 Å². The first-order valence-electron chi connectivity index (χ1n) is 6.80. The van der Waals surface area contributed by atoms with Crippen molar-refractivity contribution in [3.63, 3.8) is 0 Å². The number of hydrogen-bond acceptors (Lipinski definition) is 5. The summed E-state index contributed by atoms with van der Waals surface area (Å²) in [4.78, 5) is 12.9. The van der Waals surface area contributed by atoms with Gasteiger partial charge >= 0.3 is 0 Å². The number of nitrogens with two attached hydrogens (primary N) is 1. The fraction of sp³-hybridized carbons (Fsp3) is 0.400. The zero-order chi connectivity index (χ0) is 15.5. The molecule has 0 unspecified atom stereocenters. The summed E-state index contributed by atoms with van der Waals surface area (Å²) in [6.45, 7) is 7.06. The van der Waals surface area contributed by atoms with E-state index in [2.05, 4.69) is 14.9 Å². The van der Waals surface area contributed by atoms with E-state index in [4.69, 9.17) is 5.73 Å². The molecule has 2 aromatic rings. The van der Waals surface area contributed by atoms with Crippen molar-refractivity contribution in [2.75, 3.05) is 0 Å². The van der Waals surface area contributed by atoms with E-state index >= 15 is 0 Å². The molecule has 1 amide bonds. The predicted molar refractivity (Wildman–Crippen MR) is 84.1 cm³/mol. The highest BCUT2D eigenvalue weighted by Crippen LogP contribution is 2.25. The molecule has 0 radical (unpaired) electrons. The Morgan fingerprint density at radius 2 is 1.86 bits per heavy atom. The second-order valence-electron chi connectivity index (χ2n) is 5.90. The molecule has 112 valence electrons. The largest absolute Gasteiger partial charge is 0.347 e. The molecule has 0 saturated carbocycles. The second-order valence-corrected chi connectivity index (χ2v) is 6.66. The fourth-order valence-electron chi connectivity index (χ4n) is 1.89. The monoisotopic (exact) mass is 304 g/mol. The molecule has 0 aliphatic rings. The van der Waals surface area contributed by atoms with Gasteiger partial charge in [0.1, 0.15) is 4.88 Å². The highest BCUT2D eigenvalue weighted by molar-refractivity contribution is 7.08. The van der Waals surface area contributed by atoms with Gasteiger partial charge in [-0.1, -0.05) is 49.5 Å². The van der Waals surface area contributed by atoms with E-state index in [0.717, 1.165) is 28.4 Å². The first-order valence-corrected chi connectivity index (χ1v) is 7.58. The second kappa shape index (κ2) is 6.32. The number of amides is 1. The topological polar surface area (TPSA) is 80.9 Å². The van der Waals surface area contributed by atoms with Crippen LogP contribution in [-0.2, 0) is 18.5 Å². The smallest absolute Gasteiger partial charge is 0.265 e. The molecular formula is C15H20N4OS. The van der Waals surface area contributed by atoms with Gasteiger partial charge in [-0.2, -0.15) is 0 Å².